The van der Waals surface area contributed by atoms with Gasteiger partial charge in [-0.15, -0.1) is 0 Å². The van der Waals surface area contributed by atoms with Crippen LogP contribution in [0, 0.1) is 5.82 Å². The van der Waals surface area contributed by atoms with E-state index in [1.165, 1.54) is 12.1 Å². The number of hydrogen-bond donors (Lipinski definition) is 2. The van der Waals surface area contributed by atoms with E-state index in [1.54, 1.807) is 12.1 Å². The molecule has 0 spiro atoms. The Hall–Kier alpha value is -2.21. The van der Waals surface area contributed by atoms with Gasteiger partial charge in [0.05, 0.1) is 24.7 Å². The summed E-state index contributed by atoms with van der Waals surface area (Å²) in [5, 5.41) is 3.46. The Bertz CT molecular complexity index is 1010. The van der Waals surface area contributed by atoms with Crippen LogP contribution >= 0.6 is 11.6 Å². The summed E-state index contributed by atoms with van der Waals surface area (Å²) in [5.74, 6) is -0.287. The molecule has 0 fully saturated rings. The molecule has 3 rings (SSSR count). The highest BCUT2D eigenvalue weighted by Crippen LogP contribution is 2.23. The fourth-order valence-electron chi connectivity index (χ4n) is 3.55. The van der Waals surface area contributed by atoms with Gasteiger partial charge in [-0.25, -0.2) is 9.18 Å². The number of nitrogens with two attached hydrogens (primary N) is 1. The SMILES string of the molecule is CCc1ccc2c(C[NH2+]C[C@H](c3c(F)cccc3Cl)[NH+](C)C)cc(=O)oc2c1. The second-order valence-electron chi connectivity index (χ2n) is 7.27. The van der Waals surface area contributed by atoms with E-state index >= 15 is 0 Å². The minimum Gasteiger partial charge on any atom is -0.423 e. The third kappa shape index (κ3) is 4.43. The van der Waals surface area contributed by atoms with Gasteiger partial charge < -0.3 is 14.6 Å². The molecule has 0 unspecified atom stereocenters. The van der Waals surface area contributed by atoms with Crippen LogP contribution in [0.15, 0.2) is 51.7 Å². The van der Waals surface area contributed by atoms with E-state index in [0.717, 1.165) is 27.8 Å². The number of rotatable bonds is 7. The Balaban J connectivity index is 1.82. The fraction of sp³-hybridized carbons (Fsp3) is 0.318. The molecule has 1 atom stereocenters. The van der Waals surface area contributed by atoms with Gasteiger partial charge in [-0.05, 0) is 30.2 Å². The number of halogens is 2. The molecule has 0 saturated heterocycles. The first-order chi connectivity index (χ1) is 13.4. The van der Waals surface area contributed by atoms with Crippen molar-refractivity contribution in [3.05, 3.63) is 80.4 Å². The van der Waals surface area contributed by atoms with Gasteiger partial charge in [0.2, 0.25) is 0 Å². The first kappa shape index (κ1) is 20.5. The topological polar surface area (TPSA) is 51.3 Å². The molecule has 1 aromatic heterocycles. The van der Waals surface area contributed by atoms with Crippen LogP contribution in [0.5, 0.6) is 0 Å². The van der Waals surface area contributed by atoms with Crippen LogP contribution in [0.1, 0.15) is 29.7 Å². The van der Waals surface area contributed by atoms with E-state index in [1.807, 2.05) is 26.2 Å². The van der Waals surface area contributed by atoms with Crippen molar-refractivity contribution in [3.63, 3.8) is 0 Å². The van der Waals surface area contributed by atoms with Gasteiger partial charge >= 0.3 is 5.63 Å². The van der Waals surface area contributed by atoms with Crippen LogP contribution in [0.25, 0.3) is 11.0 Å². The van der Waals surface area contributed by atoms with Crippen LogP contribution in [0.4, 0.5) is 4.39 Å². The molecule has 3 N–H and O–H groups in total. The minimum atomic E-state index is -0.351. The number of benzene rings is 2. The highest BCUT2D eigenvalue weighted by Gasteiger charge is 2.26. The zero-order valence-electron chi connectivity index (χ0n) is 16.4. The molecule has 0 aliphatic heterocycles. The molecule has 0 amide bonds. The summed E-state index contributed by atoms with van der Waals surface area (Å²) in [6.07, 6.45) is 0.882. The molecule has 3 aromatic rings. The highest BCUT2D eigenvalue weighted by molar-refractivity contribution is 6.31. The van der Waals surface area contributed by atoms with Crippen molar-refractivity contribution in [2.24, 2.45) is 0 Å². The molecule has 1 heterocycles. The number of quaternary nitrogens is 2. The van der Waals surface area contributed by atoms with Crippen LogP contribution in [0.3, 0.4) is 0 Å². The minimum absolute atomic E-state index is 0.105. The lowest BCUT2D eigenvalue weighted by Crippen LogP contribution is -3.09. The normalized spacial score (nSPS) is 12.6. The lowest BCUT2D eigenvalue weighted by atomic mass is 10.0. The predicted molar refractivity (Wildman–Crippen MR) is 109 cm³/mol. The molecule has 6 heteroatoms. The molecule has 28 heavy (non-hydrogen) atoms. The number of likely N-dealkylation sites (N-methyl/N-ethyl adjacent to an activating group) is 1. The largest absolute Gasteiger partial charge is 0.423 e. The summed E-state index contributed by atoms with van der Waals surface area (Å²) in [6.45, 7) is 3.30. The Morgan fingerprint density at radius 2 is 2.00 bits per heavy atom. The number of aryl methyl sites for hydroxylation is 1. The van der Waals surface area contributed by atoms with E-state index in [0.29, 0.717) is 29.3 Å². The van der Waals surface area contributed by atoms with Crippen molar-refractivity contribution >= 4 is 22.6 Å². The summed E-state index contributed by atoms with van der Waals surface area (Å²) in [7, 11) is 3.97. The smallest absolute Gasteiger partial charge is 0.336 e. The van der Waals surface area contributed by atoms with Crippen LogP contribution < -0.4 is 15.8 Å². The lowest BCUT2D eigenvalue weighted by Gasteiger charge is -2.22. The number of nitrogens with one attached hydrogen (secondary N) is 1. The van der Waals surface area contributed by atoms with Crippen molar-refractivity contribution in [1.82, 2.24) is 0 Å². The second-order valence-corrected chi connectivity index (χ2v) is 7.68. The Morgan fingerprint density at radius 3 is 2.68 bits per heavy atom. The molecule has 0 aliphatic carbocycles. The quantitative estimate of drug-likeness (QED) is 0.592. The average Bonchev–Trinajstić information content (AvgIpc) is 2.65. The van der Waals surface area contributed by atoms with E-state index in [4.69, 9.17) is 16.0 Å². The summed E-state index contributed by atoms with van der Waals surface area (Å²) in [6, 6.07) is 12.2. The van der Waals surface area contributed by atoms with E-state index in [-0.39, 0.29) is 17.5 Å². The van der Waals surface area contributed by atoms with Gasteiger partial charge in [0, 0.05) is 17.0 Å². The van der Waals surface area contributed by atoms with Crippen molar-refractivity contribution in [1.29, 1.82) is 0 Å². The zero-order valence-corrected chi connectivity index (χ0v) is 17.1. The van der Waals surface area contributed by atoms with Crippen molar-refractivity contribution in [2.45, 2.75) is 25.9 Å². The fourth-order valence-corrected chi connectivity index (χ4v) is 3.85. The molecule has 0 radical (unpaired) electrons. The monoisotopic (exact) mass is 404 g/mol. The molecule has 0 bridgehead atoms. The van der Waals surface area contributed by atoms with Crippen LogP contribution in [-0.4, -0.2) is 20.6 Å². The maximum atomic E-state index is 14.4. The molecule has 2 aromatic carbocycles. The maximum absolute atomic E-state index is 14.4. The Labute approximate surface area is 168 Å². The number of hydrogen-bond acceptors (Lipinski definition) is 2. The van der Waals surface area contributed by atoms with E-state index in [2.05, 4.69) is 18.3 Å². The van der Waals surface area contributed by atoms with Gasteiger partial charge in [0.15, 0.2) is 6.04 Å². The second kappa shape index (κ2) is 8.86. The van der Waals surface area contributed by atoms with Gasteiger partial charge in [0.1, 0.15) is 24.5 Å². The van der Waals surface area contributed by atoms with Crippen LogP contribution in [-0.2, 0) is 13.0 Å². The Morgan fingerprint density at radius 1 is 1.21 bits per heavy atom. The van der Waals surface area contributed by atoms with Crippen molar-refractivity contribution in [3.8, 4) is 0 Å². The molecular formula is C22H26ClFN2O2+2. The van der Waals surface area contributed by atoms with Gasteiger partial charge in [-0.3, -0.25) is 0 Å². The highest BCUT2D eigenvalue weighted by atomic mass is 35.5. The first-order valence-electron chi connectivity index (χ1n) is 9.52. The Kier molecular flexibility index (Phi) is 6.50. The standard InChI is InChI=1S/C22H24ClFN2O2/c1-4-14-8-9-16-15(11-21(27)28-20(16)10-14)12-25-13-19(26(2)3)22-17(23)6-5-7-18(22)24/h5-11,19,25H,4,12-13H2,1-3H3/p+2/t19-/m1/s1. The van der Waals surface area contributed by atoms with Crippen molar-refractivity contribution in [2.75, 3.05) is 20.6 Å². The number of fused-ring (bicyclic) bond motifs is 1. The van der Waals surface area contributed by atoms with E-state index in [9.17, 15) is 9.18 Å². The summed E-state index contributed by atoms with van der Waals surface area (Å²) >= 11 is 6.27. The molecular weight excluding hydrogens is 379 g/mol. The lowest BCUT2D eigenvalue weighted by molar-refractivity contribution is -0.910. The molecule has 4 nitrogen and oxygen atoms in total. The zero-order chi connectivity index (χ0) is 20.3. The van der Waals surface area contributed by atoms with Crippen molar-refractivity contribution < 1.29 is 19.0 Å². The molecule has 0 saturated carbocycles. The third-order valence-electron chi connectivity index (χ3n) is 5.11. The summed E-state index contributed by atoms with van der Waals surface area (Å²) in [5.41, 5.74) is 2.84. The van der Waals surface area contributed by atoms with Gasteiger partial charge in [-0.1, -0.05) is 36.7 Å². The first-order valence-corrected chi connectivity index (χ1v) is 9.89. The average molecular weight is 405 g/mol. The predicted octanol–water partition coefficient (Wildman–Crippen LogP) is 2.10. The van der Waals surface area contributed by atoms with Gasteiger partial charge in [-0.2, -0.15) is 0 Å². The molecule has 0 aliphatic rings. The van der Waals surface area contributed by atoms with Crippen LogP contribution in [0.2, 0.25) is 5.02 Å². The van der Waals surface area contributed by atoms with E-state index < -0.39 is 0 Å². The third-order valence-corrected chi connectivity index (χ3v) is 5.44. The summed E-state index contributed by atoms with van der Waals surface area (Å²) in [4.78, 5) is 13.1. The van der Waals surface area contributed by atoms with Gasteiger partial charge in [0.25, 0.3) is 0 Å². The molecule has 148 valence electrons. The maximum Gasteiger partial charge on any atom is 0.336 e. The summed E-state index contributed by atoms with van der Waals surface area (Å²) < 4.78 is 19.7.